The van der Waals surface area contributed by atoms with Crippen molar-refractivity contribution in [1.29, 1.82) is 0 Å². The van der Waals surface area contributed by atoms with Gasteiger partial charge in [0.15, 0.2) is 0 Å². The van der Waals surface area contributed by atoms with Crippen molar-refractivity contribution in [2.75, 3.05) is 33.3 Å². The molecule has 3 saturated heterocycles. The first-order valence-electron chi connectivity index (χ1n) is 11.4. The molecule has 166 valence electrons. The number of ether oxygens (including phenoxy) is 1. The van der Waals surface area contributed by atoms with Crippen LogP contribution in [0, 0.1) is 0 Å². The van der Waals surface area contributed by atoms with Crippen molar-refractivity contribution >= 4 is 16.8 Å². The zero-order valence-corrected chi connectivity index (χ0v) is 18.0. The van der Waals surface area contributed by atoms with Crippen LogP contribution in [0.5, 0.6) is 0 Å². The highest BCUT2D eigenvalue weighted by atomic mass is 16.5. The molecule has 5 rings (SSSR count). The molecule has 0 spiro atoms. The minimum atomic E-state index is -0.399. The fourth-order valence-electron chi connectivity index (χ4n) is 5.01. The molecule has 8 nitrogen and oxygen atoms in total. The third kappa shape index (κ3) is 4.44. The van der Waals surface area contributed by atoms with Gasteiger partial charge in [0.25, 0.3) is 0 Å². The molecule has 5 atom stereocenters. The number of nitrogens with zero attached hydrogens (tertiary/aromatic N) is 2. The van der Waals surface area contributed by atoms with Gasteiger partial charge in [0.05, 0.1) is 23.5 Å². The highest BCUT2D eigenvalue weighted by molar-refractivity contribution is 5.86. The molecule has 3 aliphatic rings. The molecule has 2 aromatic rings. The molecule has 0 radical (unpaired) electrons. The van der Waals surface area contributed by atoms with Gasteiger partial charge in [-0.2, -0.15) is 0 Å². The standard InChI is InChI=1S/C23H32N6O2/c1-31-17-10-12-29(14-17)23-27-21(25-16-6-4-11-24-13-16)20(22(30)28-23)19-9-8-15-5-2-3-7-18(15)26-19/h2-3,5,7-9,16-17,20-21,23-25,27H,4,6,10-14H2,1H3,(H,28,30)/t16-,17+,20?,21?,23?/m1/s1. The van der Waals surface area contributed by atoms with Crippen LogP contribution in [0.3, 0.4) is 0 Å². The van der Waals surface area contributed by atoms with Crippen LogP contribution in [0.15, 0.2) is 36.4 Å². The second-order valence-electron chi connectivity index (χ2n) is 8.81. The van der Waals surface area contributed by atoms with Gasteiger partial charge in [-0.25, -0.2) is 0 Å². The lowest BCUT2D eigenvalue weighted by molar-refractivity contribution is -0.129. The summed E-state index contributed by atoms with van der Waals surface area (Å²) in [6, 6.07) is 12.4. The van der Waals surface area contributed by atoms with Gasteiger partial charge in [-0.15, -0.1) is 0 Å². The van der Waals surface area contributed by atoms with E-state index in [1.807, 2.05) is 30.3 Å². The molecule has 1 aromatic heterocycles. The van der Waals surface area contributed by atoms with Crippen LogP contribution in [0.2, 0.25) is 0 Å². The van der Waals surface area contributed by atoms with E-state index in [0.717, 1.165) is 62.0 Å². The van der Waals surface area contributed by atoms with Gasteiger partial charge in [-0.05, 0) is 37.9 Å². The van der Waals surface area contributed by atoms with E-state index in [1.165, 1.54) is 0 Å². The predicted octanol–water partition coefficient (Wildman–Crippen LogP) is 0.710. The minimum Gasteiger partial charge on any atom is -0.380 e. The van der Waals surface area contributed by atoms with Crippen molar-refractivity contribution in [2.24, 2.45) is 0 Å². The molecule has 3 unspecified atom stereocenters. The number of aromatic nitrogens is 1. The van der Waals surface area contributed by atoms with Gasteiger partial charge in [0, 0.05) is 38.2 Å². The first kappa shape index (κ1) is 20.8. The van der Waals surface area contributed by atoms with Crippen LogP contribution in [-0.2, 0) is 9.53 Å². The van der Waals surface area contributed by atoms with E-state index in [2.05, 4.69) is 32.2 Å². The Balaban J connectivity index is 1.41. The number of hydrogen-bond acceptors (Lipinski definition) is 7. The Bertz CT molecular complexity index is 918. The molecule has 8 heteroatoms. The van der Waals surface area contributed by atoms with E-state index >= 15 is 0 Å². The van der Waals surface area contributed by atoms with Crippen molar-refractivity contribution in [3.05, 3.63) is 42.1 Å². The molecule has 3 aliphatic heterocycles. The summed E-state index contributed by atoms with van der Waals surface area (Å²) in [5, 5.41) is 15.1. The molecule has 0 aliphatic carbocycles. The maximum absolute atomic E-state index is 13.4. The quantitative estimate of drug-likeness (QED) is 0.562. The summed E-state index contributed by atoms with van der Waals surface area (Å²) in [5.74, 6) is -0.391. The molecule has 1 amide bonds. The van der Waals surface area contributed by atoms with Crippen LogP contribution in [0.4, 0.5) is 0 Å². The first-order valence-corrected chi connectivity index (χ1v) is 11.4. The Morgan fingerprint density at radius 1 is 1.19 bits per heavy atom. The number of fused-ring (bicyclic) bond motifs is 1. The number of nitrogens with one attached hydrogen (secondary N) is 4. The molecule has 0 bridgehead atoms. The molecule has 4 N–H and O–H groups in total. The summed E-state index contributed by atoms with van der Waals surface area (Å²) in [6.07, 6.45) is 3.03. The second-order valence-corrected chi connectivity index (χ2v) is 8.81. The Kier molecular flexibility index (Phi) is 6.15. The summed E-state index contributed by atoms with van der Waals surface area (Å²) < 4.78 is 5.52. The molecule has 1 aromatic carbocycles. The number of piperidine rings is 1. The Morgan fingerprint density at radius 2 is 2.10 bits per heavy atom. The third-order valence-electron chi connectivity index (χ3n) is 6.76. The number of methoxy groups -OCH3 is 1. The number of carbonyl (C=O) groups excluding carboxylic acids is 1. The minimum absolute atomic E-state index is 0.00802. The van der Waals surface area contributed by atoms with E-state index < -0.39 is 5.92 Å². The van der Waals surface area contributed by atoms with Crippen LogP contribution in [-0.4, -0.2) is 73.7 Å². The number of amides is 1. The molecular formula is C23H32N6O2. The molecule has 0 saturated carbocycles. The summed E-state index contributed by atoms with van der Waals surface area (Å²) >= 11 is 0. The van der Waals surface area contributed by atoms with Crippen molar-refractivity contribution in [2.45, 2.75) is 49.8 Å². The number of likely N-dealkylation sites (tertiary alicyclic amines) is 1. The Morgan fingerprint density at radius 3 is 2.90 bits per heavy atom. The van der Waals surface area contributed by atoms with Gasteiger partial charge >= 0.3 is 0 Å². The topological polar surface area (TPSA) is 90.5 Å². The van der Waals surface area contributed by atoms with Crippen molar-refractivity contribution in [3.8, 4) is 0 Å². The molecule has 3 fully saturated rings. The highest BCUT2D eigenvalue weighted by Crippen LogP contribution is 2.26. The van der Waals surface area contributed by atoms with Crippen LogP contribution in [0.25, 0.3) is 10.9 Å². The lowest BCUT2D eigenvalue weighted by atomic mass is 9.95. The van der Waals surface area contributed by atoms with E-state index in [0.29, 0.717) is 6.04 Å². The molecular weight excluding hydrogens is 392 g/mol. The Hall–Kier alpha value is -2.10. The van der Waals surface area contributed by atoms with Crippen LogP contribution in [0.1, 0.15) is 30.9 Å². The van der Waals surface area contributed by atoms with E-state index in [9.17, 15) is 4.79 Å². The molecule has 31 heavy (non-hydrogen) atoms. The normalized spacial score (nSPS) is 32.3. The number of para-hydroxylation sites is 1. The zero-order chi connectivity index (χ0) is 21.2. The van der Waals surface area contributed by atoms with Gasteiger partial charge in [0.2, 0.25) is 5.91 Å². The first-order chi connectivity index (χ1) is 15.2. The summed E-state index contributed by atoms with van der Waals surface area (Å²) in [6.45, 7) is 3.68. The van der Waals surface area contributed by atoms with Crippen molar-refractivity contribution < 1.29 is 9.53 Å². The maximum Gasteiger partial charge on any atom is 0.234 e. The van der Waals surface area contributed by atoms with E-state index in [4.69, 9.17) is 9.72 Å². The maximum atomic E-state index is 13.4. The number of benzene rings is 1. The fourth-order valence-corrected chi connectivity index (χ4v) is 5.01. The highest BCUT2D eigenvalue weighted by Gasteiger charge is 2.42. The van der Waals surface area contributed by atoms with Crippen LogP contribution >= 0.6 is 0 Å². The fraction of sp³-hybridized carbons (Fsp3) is 0.565. The van der Waals surface area contributed by atoms with Gasteiger partial charge < -0.3 is 15.4 Å². The van der Waals surface area contributed by atoms with Crippen molar-refractivity contribution in [3.63, 3.8) is 0 Å². The average molecular weight is 425 g/mol. The second kappa shape index (κ2) is 9.18. The largest absolute Gasteiger partial charge is 0.380 e. The summed E-state index contributed by atoms with van der Waals surface area (Å²) in [5.41, 5.74) is 1.70. The van der Waals surface area contributed by atoms with E-state index in [1.54, 1.807) is 7.11 Å². The number of carbonyl (C=O) groups is 1. The average Bonchev–Trinajstić information content (AvgIpc) is 3.29. The summed E-state index contributed by atoms with van der Waals surface area (Å²) in [4.78, 5) is 20.5. The smallest absolute Gasteiger partial charge is 0.234 e. The van der Waals surface area contributed by atoms with Gasteiger partial charge in [0.1, 0.15) is 12.2 Å². The Labute approximate surface area is 183 Å². The van der Waals surface area contributed by atoms with Crippen LogP contribution < -0.4 is 21.3 Å². The summed E-state index contributed by atoms with van der Waals surface area (Å²) in [7, 11) is 1.75. The number of pyridine rings is 1. The third-order valence-corrected chi connectivity index (χ3v) is 6.76. The SMILES string of the molecule is CO[C@H]1CCN(C2NC(=O)C(c3ccc4ccccc4n3)C(N[C@@H]3CCCNC3)N2)C1. The number of rotatable bonds is 5. The van der Waals surface area contributed by atoms with E-state index in [-0.39, 0.29) is 24.5 Å². The van der Waals surface area contributed by atoms with Gasteiger partial charge in [-0.1, -0.05) is 24.3 Å². The van der Waals surface area contributed by atoms with Crippen molar-refractivity contribution in [1.82, 2.24) is 31.2 Å². The lowest BCUT2D eigenvalue weighted by Gasteiger charge is -2.43. The monoisotopic (exact) mass is 424 g/mol. The number of hydrogen-bond donors (Lipinski definition) is 4. The lowest BCUT2D eigenvalue weighted by Crippen LogP contribution is -2.70. The molecule has 4 heterocycles. The van der Waals surface area contributed by atoms with Gasteiger partial charge in [-0.3, -0.25) is 25.3 Å². The predicted molar refractivity (Wildman–Crippen MR) is 119 cm³/mol. The zero-order valence-electron chi connectivity index (χ0n) is 18.0.